The van der Waals surface area contributed by atoms with Gasteiger partial charge in [-0.3, -0.25) is 4.79 Å². The van der Waals surface area contributed by atoms with Crippen molar-refractivity contribution in [2.45, 2.75) is 59.5 Å². The summed E-state index contributed by atoms with van der Waals surface area (Å²) < 4.78 is 10.7. The minimum Gasteiger partial charge on any atom is -0.462 e. The summed E-state index contributed by atoms with van der Waals surface area (Å²) in [5.74, 6) is -0.851. The molecule has 2 aliphatic heterocycles. The summed E-state index contributed by atoms with van der Waals surface area (Å²) in [6.07, 6.45) is 1.58. The quantitative estimate of drug-likeness (QED) is 0.231. The SMILES string of the molecule is C=C(C)C(=O)OCCOC(=O)C(C)C(C)(C)C1C(C)[N+]12CCCC2=O. The second kappa shape index (κ2) is 6.90. The number of ether oxygens (including phenoxy) is 2. The van der Waals surface area contributed by atoms with Crippen molar-refractivity contribution < 1.29 is 28.3 Å². The van der Waals surface area contributed by atoms with Crippen molar-refractivity contribution >= 4 is 17.8 Å². The van der Waals surface area contributed by atoms with Gasteiger partial charge in [0.1, 0.15) is 19.3 Å². The van der Waals surface area contributed by atoms with Crippen LogP contribution in [-0.2, 0) is 23.9 Å². The molecular formula is C19H30NO5+. The zero-order valence-corrected chi connectivity index (χ0v) is 16.0. The summed E-state index contributed by atoms with van der Waals surface area (Å²) in [5.41, 5.74) is -0.0296. The predicted molar refractivity (Wildman–Crippen MR) is 92.3 cm³/mol. The van der Waals surface area contributed by atoms with E-state index in [2.05, 4.69) is 13.5 Å². The molecule has 0 bridgehead atoms. The molecule has 0 aromatic carbocycles. The van der Waals surface area contributed by atoms with E-state index in [0.29, 0.717) is 22.4 Å². The Morgan fingerprint density at radius 1 is 1.32 bits per heavy atom. The van der Waals surface area contributed by atoms with E-state index in [0.717, 1.165) is 13.0 Å². The first-order valence-electron chi connectivity index (χ1n) is 8.97. The summed E-state index contributed by atoms with van der Waals surface area (Å²) in [5, 5.41) is 0. The zero-order valence-electron chi connectivity index (χ0n) is 16.0. The first-order valence-corrected chi connectivity index (χ1v) is 8.97. The van der Waals surface area contributed by atoms with Gasteiger partial charge in [0.2, 0.25) is 0 Å². The number of carbonyl (C=O) groups excluding carboxylic acids is 3. The highest BCUT2D eigenvalue weighted by atomic mass is 16.6. The van der Waals surface area contributed by atoms with Gasteiger partial charge in [-0.05, 0) is 13.8 Å². The minimum atomic E-state index is -0.491. The summed E-state index contributed by atoms with van der Waals surface area (Å²) in [6.45, 7) is 14.0. The number of hydrogen-bond acceptors (Lipinski definition) is 5. The molecule has 2 aliphatic rings. The number of esters is 2. The van der Waals surface area contributed by atoms with Crippen LogP contribution in [0.3, 0.4) is 0 Å². The number of carbonyl (C=O) groups is 3. The number of nitrogens with zero attached hydrogens (tertiary/aromatic N) is 1. The number of quaternary nitrogens is 1. The molecule has 1 amide bonds. The fraction of sp³-hybridized carbons (Fsp3) is 0.737. The molecule has 0 aromatic heterocycles. The smallest absolute Gasteiger partial charge is 0.333 e. The van der Waals surface area contributed by atoms with Crippen LogP contribution in [-0.4, -0.2) is 54.2 Å². The van der Waals surface area contributed by atoms with E-state index in [1.807, 2.05) is 20.8 Å². The molecule has 2 fully saturated rings. The fourth-order valence-corrected chi connectivity index (χ4v) is 4.40. The van der Waals surface area contributed by atoms with Crippen LogP contribution < -0.4 is 0 Å². The number of amides is 1. The van der Waals surface area contributed by atoms with Crippen LogP contribution in [0.1, 0.15) is 47.5 Å². The second-order valence-corrected chi connectivity index (χ2v) is 7.96. The third-order valence-corrected chi connectivity index (χ3v) is 6.11. The predicted octanol–water partition coefficient (Wildman–Crippen LogP) is 2.22. The molecule has 4 unspecified atom stereocenters. The lowest BCUT2D eigenvalue weighted by Gasteiger charge is -2.29. The Hall–Kier alpha value is -1.69. The van der Waals surface area contributed by atoms with Crippen LogP contribution in [0.4, 0.5) is 0 Å². The fourth-order valence-electron chi connectivity index (χ4n) is 4.40. The monoisotopic (exact) mass is 352 g/mol. The Bertz CT molecular complexity index is 597. The lowest BCUT2D eigenvalue weighted by atomic mass is 9.75. The lowest BCUT2D eigenvalue weighted by Crippen LogP contribution is -2.42. The van der Waals surface area contributed by atoms with E-state index in [1.165, 1.54) is 0 Å². The van der Waals surface area contributed by atoms with Gasteiger partial charge in [0.15, 0.2) is 6.04 Å². The van der Waals surface area contributed by atoms with Crippen molar-refractivity contribution in [2.24, 2.45) is 11.3 Å². The largest absolute Gasteiger partial charge is 0.462 e. The van der Waals surface area contributed by atoms with E-state index in [1.54, 1.807) is 6.92 Å². The molecule has 1 spiro atoms. The number of rotatable bonds is 7. The molecule has 0 saturated carbocycles. The van der Waals surface area contributed by atoms with Gasteiger partial charge in [-0.15, -0.1) is 0 Å². The van der Waals surface area contributed by atoms with E-state index >= 15 is 0 Å². The molecule has 25 heavy (non-hydrogen) atoms. The summed E-state index contributed by atoms with van der Waals surface area (Å²) in [6, 6.07) is 0.420. The molecule has 4 atom stereocenters. The summed E-state index contributed by atoms with van der Waals surface area (Å²) >= 11 is 0. The molecule has 2 rings (SSSR count). The van der Waals surface area contributed by atoms with Gasteiger partial charge >= 0.3 is 17.8 Å². The summed E-state index contributed by atoms with van der Waals surface area (Å²) in [7, 11) is 0. The van der Waals surface area contributed by atoms with Crippen molar-refractivity contribution in [3.05, 3.63) is 12.2 Å². The molecule has 2 saturated heterocycles. The van der Waals surface area contributed by atoms with Crippen LogP contribution >= 0.6 is 0 Å². The van der Waals surface area contributed by atoms with E-state index < -0.39 is 5.97 Å². The van der Waals surface area contributed by atoms with Crippen molar-refractivity contribution in [1.29, 1.82) is 0 Å². The topological polar surface area (TPSA) is 69.7 Å². The van der Waals surface area contributed by atoms with Crippen molar-refractivity contribution in [3.63, 3.8) is 0 Å². The average Bonchev–Trinajstić information content (AvgIpc) is 2.97. The van der Waals surface area contributed by atoms with Crippen LogP contribution in [0.5, 0.6) is 0 Å². The van der Waals surface area contributed by atoms with Gasteiger partial charge in [0.25, 0.3) is 0 Å². The standard InChI is InChI=1S/C19H30NO5/c1-12(2)17(22)24-10-11-25-18(23)13(3)19(5,6)16-14(4)20(16)9-7-8-15(20)21/h13-14,16H,1,7-11H2,2-6H3/q+1. The maximum Gasteiger partial charge on any atom is 0.333 e. The van der Waals surface area contributed by atoms with Gasteiger partial charge < -0.3 is 9.47 Å². The Morgan fingerprint density at radius 2 is 1.92 bits per heavy atom. The minimum absolute atomic E-state index is 0.0168. The zero-order chi connectivity index (χ0) is 19.0. The third-order valence-electron chi connectivity index (χ3n) is 6.11. The van der Waals surface area contributed by atoms with Crippen LogP contribution in [0.2, 0.25) is 0 Å². The molecule has 6 heteroatoms. The first-order chi connectivity index (χ1) is 11.6. The Kier molecular flexibility index (Phi) is 5.42. The van der Waals surface area contributed by atoms with E-state index in [4.69, 9.17) is 9.47 Å². The molecule has 0 radical (unpaired) electrons. The summed E-state index contributed by atoms with van der Waals surface area (Å²) in [4.78, 5) is 36.1. The van der Waals surface area contributed by atoms with Crippen LogP contribution in [0.15, 0.2) is 12.2 Å². The van der Waals surface area contributed by atoms with E-state index in [9.17, 15) is 14.4 Å². The van der Waals surface area contributed by atoms with Crippen LogP contribution in [0.25, 0.3) is 0 Å². The molecule has 6 nitrogen and oxygen atoms in total. The molecular weight excluding hydrogens is 322 g/mol. The highest BCUT2D eigenvalue weighted by Crippen LogP contribution is 2.55. The molecule has 2 heterocycles. The molecule has 0 aliphatic carbocycles. The maximum absolute atomic E-state index is 12.4. The van der Waals surface area contributed by atoms with Gasteiger partial charge in [-0.2, -0.15) is 0 Å². The number of hydrogen-bond donors (Lipinski definition) is 0. The highest BCUT2D eigenvalue weighted by Gasteiger charge is 2.75. The average molecular weight is 352 g/mol. The third kappa shape index (κ3) is 3.36. The van der Waals surface area contributed by atoms with Crippen molar-refractivity contribution in [1.82, 2.24) is 0 Å². The van der Waals surface area contributed by atoms with Gasteiger partial charge in [0, 0.05) is 17.4 Å². The van der Waals surface area contributed by atoms with Crippen LogP contribution in [0, 0.1) is 11.3 Å². The lowest BCUT2D eigenvalue weighted by molar-refractivity contribution is -0.742. The first kappa shape index (κ1) is 19.6. The second-order valence-electron chi connectivity index (χ2n) is 7.96. The normalized spacial score (nSPS) is 29.4. The highest BCUT2D eigenvalue weighted by molar-refractivity contribution is 5.86. The Morgan fingerprint density at radius 3 is 2.44 bits per heavy atom. The van der Waals surface area contributed by atoms with Crippen molar-refractivity contribution in [2.75, 3.05) is 19.8 Å². The Balaban J connectivity index is 1.89. The van der Waals surface area contributed by atoms with E-state index in [-0.39, 0.29) is 42.6 Å². The van der Waals surface area contributed by atoms with Gasteiger partial charge in [-0.25, -0.2) is 14.1 Å². The Labute approximate surface area is 149 Å². The molecule has 0 aromatic rings. The molecule has 0 N–H and O–H groups in total. The van der Waals surface area contributed by atoms with Crippen molar-refractivity contribution in [3.8, 4) is 0 Å². The van der Waals surface area contributed by atoms with Gasteiger partial charge in [0.05, 0.1) is 18.9 Å². The molecule has 140 valence electrons. The van der Waals surface area contributed by atoms with Gasteiger partial charge in [-0.1, -0.05) is 27.4 Å². The maximum atomic E-state index is 12.4.